The molecule has 0 heterocycles. The van der Waals surface area contributed by atoms with E-state index in [2.05, 4.69) is 27.7 Å². The van der Waals surface area contributed by atoms with Gasteiger partial charge in [0.1, 0.15) is 25.1 Å². The molecule has 2 amide bonds. The summed E-state index contributed by atoms with van der Waals surface area (Å²) in [5, 5.41) is 0. The standard InChI is InChI=1S/C26H39N3O9.2C3H8.2C2H6.H2/c1-17(30)35-15-21-13-20(23(37-19(3)32)9-7-10-24(27)33)14-22(16-36-18(2)31)25(21)38-26(34)29(6)12-8-11-28(4)5;2*1-3-2;2*1-2;/h13-14,23H,7-12,15-16H2,1-6H3,(H2,27,33);2*3H2,1-2H3;2*1-2H3;1H. The van der Waals surface area contributed by atoms with Crippen LogP contribution in [0.2, 0.25) is 0 Å². The third-order valence-corrected chi connectivity index (χ3v) is 5.30. The number of rotatable bonds is 15. The van der Waals surface area contributed by atoms with Crippen molar-refractivity contribution in [2.24, 2.45) is 5.73 Å². The van der Waals surface area contributed by atoms with Crippen LogP contribution in [0.1, 0.15) is 139 Å². The number of nitrogens with two attached hydrogens (primary N) is 1. The summed E-state index contributed by atoms with van der Waals surface area (Å²) in [5.41, 5.74) is 6.33. The number of esters is 3. The van der Waals surface area contributed by atoms with E-state index in [4.69, 9.17) is 24.7 Å². The van der Waals surface area contributed by atoms with Crippen molar-refractivity contribution in [3.05, 3.63) is 28.8 Å². The van der Waals surface area contributed by atoms with Crippen LogP contribution in [0, 0.1) is 0 Å². The van der Waals surface area contributed by atoms with E-state index in [-0.39, 0.29) is 33.2 Å². The minimum atomic E-state index is -0.780. The average Bonchev–Trinajstić information content (AvgIpc) is 3.01. The molecule has 0 saturated heterocycles. The van der Waals surface area contributed by atoms with E-state index in [1.807, 2.05) is 46.7 Å². The maximum absolute atomic E-state index is 12.9. The lowest BCUT2D eigenvalue weighted by atomic mass is 9.97. The van der Waals surface area contributed by atoms with Crippen LogP contribution in [-0.2, 0) is 46.6 Å². The molecular formula is C36H69N3O9. The number of carbonyl (C=O) groups is 5. The summed E-state index contributed by atoms with van der Waals surface area (Å²) in [6.07, 6.45) is 2.50. The average molecular weight is 688 g/mol. The molecule has 282 valence electrons. The minimum Gasteiger partial charge on any atom is -0.461 e. The van der Waals surface area contributed by atoms with E-state index in [0.29, 0.717) is 36.1 Å². The summed E-state index contributed by atoms with van der Waals surface area (Å²) in [6.45, 7) is 20.9. The maximum atomic E-state index is 12.9. The van der Waals surface area contributed by atoms with Crippen molar-refractivity contribution in [2.75, 3.05) is 34.2 Å². The highest BCUT2D eigenvalue weighted by Crippen LogP contribution is 2.34. The van der Waals surface area contributed by atoms with Gasteiger partial charge in [-0.2, -0.15) is 0 Å². The molecule has 48 heavy (non-hydrogen) atoms. The summed E-state index contributed by atoms with van der Waals surface area (Å²) in [5.74, 6) is -2.10. The van der Waals surface area contributed by atoms with Crippen LogP contribution in [0.15, 0.2) is 12.1 Å². The van der Waals surface area contributed by atoms with E-state index in [9.17, 15) is 24.0 Å². The second-order valence-electron chi connectivity index (χ2n) is 10.5. The molecule has 0 spiro atoms. The Bertz CT molecular complexity index is 996. The number of primary amides is 1. The van der Waals surface area contributed by atoms with Crippen LogP contribution >= 0.6 is 0 Å². The summed E-state index contributed by atoms with van der Waals surface area (Å²) in [4.78, 5) is 62.5. The van der Waals surface area contributed by atoms with Crippen LogP contribution in [0.5, 0.6) is 5.75 Å². The van der Waals surface area contributed by atoms with Gasteiger partial charge < -0.3 is 34.5 Å². The van der Waals surface area contributed by atoms with Crippen molar-refractivity contribution >= 4 is 29.9 Å². The second kappa shape index (κ2) is 33.2. The molecule has 1 atom stereocenters. The van der Waals surface area contributed by atoms with Crippen molar-refractivity contribution in [2.45, 2.75) is 134 Å². The predicted octanol–water partition coefficient (Wildman–Crippen LogP) is 7.59. The molecule has 1 aromatic rings. The SMILES string of the molecule is CC.CC.CC(=O)OCc1cc(C(CCCC(N)=O)OC(C)=O)cc(COC(C)=O)c1OC(=O)N(C)CCCN(C)C.CCC.CCC.[HH]. The number of hydrogen-bond acceptors (Lipinski definition) is 10. The molecular weight excluding hydrogens is 618 g/mol. The third kappa shape index (κ3) is 28.5. The third-order valence-electron chi connectivity index (χ3n) is 5.30. The second-order valence-corrected chi connectivity index (χ2v) is 10.5. The number of nitrogens with zero attached hydrogens (tertiary/aromatic N) is 2. The van der Waals surface area contributed by atoms with E-state index >= 15 is 0 Å². The number of benzene rings is 1. The number of hydrogen-bond donors (Lipinski definition) is 1. The zero-order valence-electron chi connectivity index (χ0n) is 32.4. The van der Waals surface area contributed by atoms with Crippen molar-refractivity contribution in [3.8, 4) is 5.75 Å². The maximum Gasteiger partial charge on any atom is 0.414 e. The van der Waals surface area contributed by atoms with Gasteiger partial charge in [-0.15, -0.1) is 0 Å². The Balaban J connectivity index is -0.000000526. The summed E-state index contributed by atoms with van der Waals surface area (Å²) >= 11 is 0. The molecule has 12 nitrogen and oxygen atoms in total. The van der Waals surface area contributed by atoms with Gasteiger partial charge in [-0.1, -0.05) is 68.2 Å². The van der Waals surface area contributed by atoms with E-state index in [1.165, 1.54) is 38.5 Å². The van der Waals surface area contributed by atoms with Crippen LogP contribution < -0.4 is 10.5 Å². The van der Waals surface area contributed by atoms with Gasteiger partial charge in [0, 0.05) is 53.3 Å². The Morgan fingerprint density at radius 3 is 1.54 bits per heavy atom. The predicted molar refractivity (Wildman–Crippen MR) is 193 cm³/mol. The number of ether oxygens (including phenoxy) is 4. The number of carbonyl (C=O) groups excluding carboxylic acids is 5. The van der Waals surface area contributed by atoms with Crippen LogP contribution in [0.25, 0.3) is 0 Å². The molecule has 0 aromatic heterocycles. The quantitative estimate of drug-likeness (QED) is 0.144. The highest BCUT2D eigenvalue weighted by molar-refractivity contribution is 5.74. The molecule has 0 aliphatic rings. The smallest absolute Gasteiger partial charge is 0.414 e. The fourth-order valence-electron chi connectivity index (χ4n) is 3.51. The molecule has 0 fully saturated rings. The van der Waals surface area contributed by atoms with Crippen molar-refractivity contribution in [1.82, 2.24) is 9.80 Å². The van der Waals surface area contributed by atoms with Gasteiger partial charge in [0.25, 0.3) is 0 Å². The Morgan fingerprint density at radius 1 is 0.750 bits per heavy atom. The number of amides is 2. The molecule has 1 aromatic carbocycles. The summed E-state index contributed by atoms with van der Waals surface area (Å²) < 4.78 is 21.6. The van der Waals surface area contributed by atoms with Gasteiger partial charge in [-0.05, 0) is 57.6 Å². The van der Waals surface area contributed by atoms with Crippen LogP contribution in [0.3, 0.4) is 0 Å². The molecule has 0 aliphatic heterocycles. The van der Waals surface area contributed by atoms with Gasteiger partial charge in [-0.3, -0.25) is 19.2 Å². The van der Waals surface area contributed by atoms with E-state index in [0.717, 1.165) is 6.54 Å². The Kier molecular flexibility index (Phi) is 35.4. The van der Waals surface area contributed by atoms with Crippen molar-refractivity contribution < 1.29 is 44.3 Å². The normalized spacial score (nSPS) is 10.1. The monoisotopic (exact) mass is 688 g/mol. The molecule has 0 radical (unpaired) electrons. The first kappa shape index (κ1) is 51.2. The first-order chi connectivity index (χ1) is 22.6. The first-order valence-corrected chi connectivity index (χ1v) is 17.1. The topological polar surface area (TPSA) is 155 Å². The molecule has 12 heteroatoms. The molecule has 0 bridgehead atoms. The fourth-order valence-corrected chi connectivity index (χ4v) is 3.51. The minimum absolute atomic E-state index is 0. The van der Waals surface area contributed by atoms with Crippen LogP contribution in [0.4, 0.5) is 4.79 Å². The van der Waals surface area contributed by atoms with Gasteiger partial charge >= 0.3 is 24.0 Å². The van der Waals surface area contributed by atoms with Gasteiger partial charge in [0.15, 0.2) is 0 Å². The molecule has 2 N–H and O–H groups in total. The van der Waals surface area contributed by atoms with Gasteiger partial charge in [-0.25, -0.2) is 4.79 Å². The first-order valence-electron chi connectivity index (χ1n) is 17.1. The van der Waals surface area contributed by atoms with E-state index < -0.39 is 36.0 Å². The highest BCUT2D eigenvalue weighted by atomic mass is 16.6. The Morgan fingerprint density at radius 2 is 1.19 bits per heavy atom. The van der Waals surface area contributed by atoms with Crippen LogP contribution in [-0.4, -0.2) is 73.9 Å². The molecule has 0 aliphatic carbocycles. The Hall–Kier alpha value is -3.67. The van der Waals surface area contributed by atoms with Gasteiger partial charge in [0.05, 0.1) is 0 Å². The lowest BCUT2D eigenvalue weighted by Gasteiger charge is -2.23. The largest absolute Gasteiger partial charge is 0.461 e. The summed E-state index contributed by atoms with van der Waals surface area (Å²) in [6, 6.07) is 3.18. The summed E-state index contributed by atoms with van der Waals surface area (Å²) in [7, 11) is 5.46. The molecule has 0 saturated carbocycles. The lowest BCUT2D eigenvalue weighted by Crippen LogP contribution is -2.32. The highest BCUT2D eigenvalue weighted by Gasteiger charge is 2.24. The van der Waals surface area contributed by atoms with E-state index in [1.54, 1.807) is 19.2 Å². The zero-order chi connectivity index (χ0) is 38.2. The molecule has 1 rings (SSSR count). The zero-order valence-corrected chi connectivity index (χ0v) is 32.4. The lowest BCUT2D eigenvalue weighted by molar-refractivity contribution is -0.147. The van der Waals surface area contributed by atoms with Gasteiger partial charge in [0.2, 0.25) is 5.91 Å². The van der Waals surface area contributed by atoms with Crippen molar-refractivity contribution in [1.29, 1.82) is 0 Å². The fraction of sp³-hybridized carbons (Fsp3) is 0.694. The van der Waals surface area contributed by atoms with Crippen molar-refractivity contribution in [3.63, 3.8) is 0 Å². The molecule has 1 unspecified atom stereocenters. The Labute approximate surface area is 292 Å².